The smallest absolute Gasteiger partial charge is 0.208 e. The molecule has 0 radical (unpaired) electrons. The fourth-order valence-corrected chi connectivity index (χ4v) is 4.16. The Morgan fingerprint density at radius 1 is 1.30 bits per heavy atom. The maximum Gasteiger partial charge on any atom is 0.240 e. The van der Waals surface area contributed by atoms with Crippen LogP contribution in [0.2, 0.25) is 0 Å². The molecule has 1 aromatic carbocycles. The van der Waals surface area contributed by atoms with Gasteiger partial charge in [0.25, 0.3) is 0 Å². The summed E-state index contributed by atoms with van der Waals surface area (Å²) in [5, 5.41) is 8.86. The Balaban J connectivity index is 2.20. The third-order valence-electron chi connectivity index (χ3n) is 4.29. The molecule has 0 saturated heterocycles. The van der Waals surface area contributed by atoms with Gasteiger partial charge in [-0.2, -0.15) is 5.26 Å². The Morgan fingerprint density at radius 2 is 2.05 bits per heavy atom. The van der Waals surface area contributed by atoms with Gasteiger partial charge in [0.2, 0.25) is 10.0 Å². The van der Waals surface area contributed by atoms with Crippen molar-refractivity contribution in [2.45, 2.75) is 44.0 Å². The minimum Gasteiger partial charge on any atom is -0.208 e. The monoisotopic (exact) mass is 292 g/mol. The van der Waals surface area contributed by atoms with E-state index in [1.54, 1.807) is 12.1 Å². The number of rotatable bonds is 3. The molecule has 0 unspecified atom stereocenters. The Morgan fingerprint density at radius 3 is 2.75 bits per heavy atom. The molecule has 0 heterocycles. The first-order valence-corrected chi connectivity index (χ1v) is 8.45. The van der Waals surface area contributed by atoms with Crippen molar-refractivity contribution in [1.29, 1.82) is 5.26 Å². The summed E-state index contributed by atoms with van der Waals surface area (Å²) in [6.07, 6.45) is 3.09. The maximum absolute atomic E-state index is 12.4. The first-order valence-electron chi connectivity index (χ1n) is 6.96. The van der Waals surface area contributed by atoms with Crippen LogP contribution in [0.4, 0.5) is 0 Å². The van der Waals surface area contributed by atoms with E-state index in [2.05, 4.69) is 18.6 Å². The van der Waals surface area contributed by atoms with Crippen molar-refractivity contribution in [2.24, 2.45) is 11.8 Å². The Bertz CT molecular complexity index is 619. The normalized spacial score (nSPS) is 26.9. The summed E-state index contributed by atoms with van der Waals surface area (Å²) in [6, 6.07) is 8.09. The highest BCUT2D eigenvalue weighted by Gasteiger charge is 2.30. The van der Waals surface area contributed by atoms with Crippen molar-refractivity contribution in [1.82, 2.24) is 4.72 Å². The van der Waals surface area contributed by atoms with Gasteiger partial charge in [-0.15, -0.1) is 0 Å². The van der Waals surface area contributed by atoms with Crippen molar-refractivity contribution in [3.63, 3.8) is 0 Å². The van der Waals surface area contributed by atoms with Crippen molar-refractivity contribution in [2.75, 3.05) is 0 Å². The highest BCUT2D eigenvalue weighted by Crippen LogP contribution is 2.30. The van der Waals surface area contributed by atoms with Crippen molar-refractivity contribution < 1.29 is 8.42 Å². The molecule has 1 N–H and O–H groups in total. The Labute approximate surface area is 120 Å². The fourth-order valence-electron chi connectivity index (χ4n) is 2.75. The van der Waals surface area contributed by atoms with E-state index in [9.17, 15) is 8.42 Å². The lowest BCUT2D eigenvalue weighted by Crippen LogP contribution is -2.43. The molecule has 1 saturated carbocycles. The topological polar surface area (TPSA) is 70.0 Å². The van der Waals surface area contributed by atoms with E-state index in [0.717, 1.165) is 19.3 Å². The Kier molecular flexibility index (Phi) is 4.46. The van der Waals surface area contributed by atoms with Crippen LogP contribution in [0, 0.1) is 23.2 Å². The average molecular weight is 292 g/mol. The second-order valence-electron chi connectivity index (χ2n) is 5.63. The number of nitrogens with zero attached hydrogens (tertiary/aromatic N) is 1. The van der Waals surface area contributed by atoms with Gasteiger partial charge in [0.05, 0.1) is 16.5 Å². The summed E-state index contributed by atoms with van der Waals surface area (Å²) in [4.78, 5) is 0.168. The maximum atomic E-state index is 12.4. The van der Waals surface area contributed by atoms with Gasteiger partial charge in [0, 0.05) is 6.04 Å². The van der Waals surface area contributed by atoms with Gasteiger partial charge in [0.1, 0.15) is 0 Å². The molecule has 1 aromatic rings. The lowest BCUT2D eigenvalue weighted by atomic mass is 9.78. The van der Waals surface area contributed by atoms with Crippen molar-refractivity contribution in [3.8, 4) is 6.07 Å². The molecule has 3 atom stereocenters. The van der Waals surface area contributed by atoms with E-state index in [1.165, 1.54) is 12.1 Å². The van der Waals surface area contributed by atoms with Crippen molar-refractivity contribution in [3.05, 3.63) is 29.8 Å². The van der Waals surface area contributed by atoms with Gasteiger partial charge < -0.3 is 0 Å². The zero-order valence-electron chi connectivity index (χ0n) is 11.8. The fraction of sp³-hybridized carbons (Fsp3) is 0.533. The zero-order chi connectivity index (χ0) is 14.8. The standard InChI is InChI=1S/C15H20N2O2S/c1-11-5-3-8-15(12(11)2)17-20(18,19)14-7-4-6-13(9-14)10-16/h4,6-7,9,11-12,15,17H,3,5,8H2,1-2H3/t11-,12+,15-/m1/s1. The molecule has 0 spiro atoms. The number of sulfonamides is 1. The molecular formula is C15H20N2O2S. The third kappa shape index (κ3) is 3.20. The van der Waals surface area contributed by atoms with Crippen LogP contribution >= 0.6 is 0 Å². The summed E-state index contributed by atoms with van der Waals surface area (Å²) in [7, 11) is -3.55. The van der Waals surface area contributed by atoms with E-state index >= 15 is 0 Å². The van der Waals surface area contributed by atoms with Crippen molar-refractivity contribution >= 4 is 10.0 Å². The number of benzene rings is 1. The second kappa shape index (κ2) is 5.94. The minimum absolute atomic E-state index is 0.0190. The van der Waals surface area contributed by atoms with Crippen LogP contribution in [0.3, 0.4) is 0 Å². The van der Waals surface area contributed by atoms with Crippen LogP contribution in [0.1, 0.15) is 38.7 Å². The average Bonchev–Trinajstić information content (AvgIpc) is 2.44. The van der Waals surface area contributed by atoms with Crippen LogP contribution in [-0.4, -0.2) is 14.5 Å². The van der Waals surface area contributed by atoms with Crippen LogP contribution in [0.15, 0.2) is 29.2 Å². The van der Waals surface area contributed by atoms with E-state index in [-0.39, 0.29) is 10.9 Å². The molecule has 1 aliphatic carbocycles. The highest BCUT2D eigenvalue weighted by atomic mass is 32.2. The second-order valence-corrected chi connectivity index (χ2v) is 7.35. The van der Waals surface area contributed by atoms with Crippen LogP contribution in [-0.2, 0) is 10.0 Å². The minimum atomic E-state index is -3.55. The molecule has 108 valence electrons. The highest BCUT2D eigenvalue weighted by molar-refractivity contribution is 7.89. The van der Waals surface area contributed by atoms with Crippen LogP contribution in [0.25, 0.3) is 0 Å². The summed E-state index contributed by atoms with van der Waals surface area (Å²) in [5.41, 5.74) is 0.359. The number of hydrogen-bond acceptors (Lipinski definition) is 3. The molecule has 0 aromatic heterocycles. The summed E-state index contributed by atoms with van der Waals surface area (Å²) in [6.45, 7) is 4.27. The predicted octanol–water partition coefficient (Wildman–Crippen LogP) is 2.66. The van der Waals surface area contributed by atoms with E-state index < -0.39 is 10.0 Å². The molecule has 20 heavy (non-hydrogen) atoms. The molecule has 0 bridgehead atoms. The lowest BCUT2D eigenvalue weighted by molar-refractivity contribution is 0.227. The Hall–Kier alpha value is -1.38. The van der Waals surface area contributed by atoms with Gasteiger partial charge in [-0.3, -0.25) is 0 Å². The number of hydrogen-bond donors (Lipinski definition) is 1. The molecule has 5 heteroatoms. The molecule has 1 aliphatic rings. The largest absolute Gasteiger partial charge is 0.240 e. The van der Waals surface area contributed by atoms with E-state index in [0.29, 0.717) is 17.4 Å². The molecule has 1 fully saturated rings. The number of nitrogens with one attached hydrogen (secondary N) is 1. The first-order chi connectivity index (χ1) is 9.44. The molecule has 0 aliphatic heterocycles. The van der Waals surface area contributed by atoms with Crippen LogP contribution in [0.5, 0.6) is 0 Å². The van der Waals surface area contributed by atoms with Gasteiger partial charge in [-0.05, 0) is 36.5 Å². The van der Waals surface area contributed by atoms with Gasteiger partial charge in [0.15, 0.2) is 0 Å². The first kappa shape index (κ1) is 15.0. The lowest BCUT2D eigenvalue weighted by Gasteiger charge is -2.34. The third-order valence-corrected chi connectivity index (χ3v) is 5.77. The quantitative estimate of drug-likeness (QED) is 0.931. The molecule has 2 rings (SSSR count). The van der Waals surface area contributed by atoms with Gasteiger partial charge in [-0.25, -0.2) is 13.1 Å². The SMILES string of the molecule is C[C@H]1[C@H](C)CCC[C@H]1NS(=O)(=O)c1cccc(C#N)c1. The summed E-state index contributed by atoms with van der Waals surface area (Å²) < 4.78 is 27.6. The van der Waals surface area contributed by atoms with E-state index in [1.807, 2.05) is 6.07 Å². The van der Waals surface area contributed by atoms with E-state index in [4.69, 9.17) is 5.26 Å². The zero-order valence-corrected chi connectivity index (χ0v) is 12.7. The predicted molar refractivity (Wildman–Crippen MR) is 77.4 cm³/mol. The molecule has 4 nitrogen and oxygen atoms in total. The molecular weight excluding hydrogens is 272 g/mol. The summed E-state index contributed by atoms with van der Waals surface area (Å²) >= 11 is 0. The number of nitriles is 1. The van der Waals surface area contributed by atoms with Gasteiger partial charge >= 0.3 is 0 Å². The summed E-state index contributed by atoms with van der Waals surface area (Å²) in [5.74, 6) is 0.861. The van der Waals surface area contributed by atoms with Crippen LogP contribution < -0.4 is 4.72 Å². The van der Waals surface area contributed by atoms with Gasteiger partial charge in [-0.1, -0.05) is 32.8 Å². The molecule has 0 amide bonds.